The molecule has 4 rings (SSSR count). The van der Waals surface area contributed by atoms with Crippen LogP contribution in [0, 0.1) is 6.92 Å². The second-order valence-corrected chi connectivity index (χ2v) is 6.90. The molecule has 0 unspecified atom stereocenters. The summed E-state index contributed by atoms with van der Waals surface area (Å²) < 4.78 is 15.8. The van der Waals surface area contributed by atoms with Gasteiger partial charge in [0.15, 0.2) is 0 Å². The molecule has 2 heterocycles. The minimum atomic E-state index is -0.347. The molecule has 0 aliphatic rings. The molecule has 0 radical (unpaired) electrons. The van der Waals surface area contributed by atoms with Gasteiger partial charge in [-0.15, -0.1) is 0 Å². The van der Waals surface area contributed by atoms with Gasteiger partial charge in [0.1, 0.15) is 18.1 Å². The Morgan fingerprint density at radius 1 is 1.03 bits per heavy atom. The van der Waals surface area contributed by atoms with Crippen molar-refractivity contribution < 1.29 is 9.47 Å². The van der Waals surface area contributed by atoms with E-state index in [4.69, 9.17) is 9.47 Å². The van der Waals surface area contributed by atoms with E-state index >= 15 is 0 Å². The van der Waals surface area contributed by atoms with Crippen LogP contribution in [-0.2, 0) is 20.7 Å². The minimum Gasteiger partial charge on any atom is -0.496 e. The monoisotopic (exact) mass is 406 g/mol. The standard InChI is InChI=1S/C21H22N6O3/c1-14-12-15(17-10-11-25(2)22-17)8-9-19(14)30-13-16-18(6-5-7-20(16)29-4)27-21(28)26(3)23-24-27/h5-12H,13H2,1-4H3. The van der Waals surface area contributed by atoms with E-state index in [9.17, 15) is 4.79 Å². The number of aromatic nitrogens is 6. The lowest BCUT2D eigenvalue weighted by atomic mass is 10.1. The van der Waals surface area contributed by atoms with Gasteiger partial charge in [0.05, 0.1) is 24.1 Å². The van der Waals surface area contributed by atoms with Crippen LogP contribution in [0.3, 0.4) is 0 Å². The summed E-state index contributed by atoms with van der Waals surface area (Å²) in [5, 5.41) is 12.2. The third-order valence-electron chi connectivity index (χ3n) is 4.83. The third kappa shape index (κ3) is 3.57. The van der Waals surface area contributed by atoms with Crippen LogP contribution < -0.4 is 15.2 Å². The number of methoxy groups -OCH3 is 1. The van der Waals surface area contributed by atoms with Crippen molar-refractivity contribution in [3.63, 3.8) is 0 Å². The maximum absolute atomic E-state index is 12.3. The van der Waals surface area contributed by atoms with Gasteiger partial charge in [-0.05, 0) is 59.3 Å². The Bertz CT molecular complexity index is 1250. The largest absolute Gasteiger partial charge is 0.496 e. The van der Waals surface area contributed by atoms with Crippen LogP contribution in [0.15, 0.2) is 53.5 Å². The molecule has 154 valence electrons. The molecule has 9 heteroatoms. The van der Waals surface area contributed by atoms with E-state index in [1.165, 1.54) is 9.36 Å². The van der Waals surface area contributed by atoms with E-state index in [0.717, 1.165) is 22.6 Å². The van der Waals surface area contributed by atoms with Crippen molar-refractivity contribution in [3.05, 3.63) is 70.3 Å². The third-order valence-corrected chi connectivity index (χ3v) is 4.83. The fraction of sp³-hybridized carbons (Fsp3) is 0.238. The van der Waals surface area contributed by atoms with Gasteiger partial charge in [-0.25, -0.2) is 4.79 Å². The van der Waals surface area contributed by atoms with Crippen LogP contribution >= 0.6 is 0 Å². The SMILES string of the molecule is COc1cccc(-n2nnn(C)c2=O)c1COc1ccc(-c2ccn(C)n2)cc1C. The number of aryl methyl sites for hydroxylation is 3. The highest BCUT2D eigenvalue weighted by Gasteiger charge is 2.16. The number of nitrogens with zero attached hydrogens (tertiary/aromatic N) is 6. The highest BCUT2D eigenvalue weighted by Crippen LogP contribution is 2.29. The molecule has 0 atom stereocenters. The van der Waals surface area contributed by atoms with Gasteiger partial charge in [0, 0.05) is 25.9 Å². The van der Waals surface area contributed by atoms with Crippen molar-refractivity contribution in [1.82, 2.24) is 29.6 Å². The first-order valence-corrected chi connectivity index (χ1v) is 9.36. The summed E-state index contributed by atoms with van der Waals surface area (Å²) in [6.45, 7) is 2.18. The Kier molecular flexibility index (Phi) is 5.09. The van der Waals surface area contributed by atoms with Crippen molar-refractivity contribution in [2.75, 3.05) is 7.11 Å². The highest BCUT2D eigenvalue weighted by atomic mass is 16.5. The van der Waals surface area contributed by atoms with Crippen molar-refractivity contribution in [3.8, 4) is 28.4 Å². The minimum absolute atomic E-state index is 0.201. The van der Waals surface area contributed by atoms with Crippen molar-refractivity contribution in [2.24, 2.45) is 14.1 Å². The maximum Gasteiger partial charge on any atom is 0.368 e. The lowest BCUT2D eigenvalue weighted by Crippen LogP contribution is -2.23. The first kappa shape index (κ1) is 19.4. The number of ether oxygens (including phenoxy) is 2. The smallest absolute Gasteiger partial charge is 0.368 e. The molecule has 0 spiro atoms. The fourth-order valence-corrected chi connectivity index (χ4v) is 3.24. The molecule has 0 saturated carbocycles. The Hall–Kier alpha value is -3.88. The summed E-state index contributed by atoms with van der Waals surface area (Å²) in [4.78, 5) is 12.3. The maximum atomic E-state index is 12.3. The van der Waals surface area contributed by atoms with Gasteiger partial charge in [-0.1, -0.05) is 6.07 Å². The average molecular weight is 406 g/mol. The predicted molar refractivity (Wildman–Crippen MR) is 111 cm³/mol. The summed E-state index contributed by atoms with van der Waals surface area (Å²) in [5.74, 6) is 1.34. The molecule has 2 aromatic carbocycles. The molecule has 0 aliphatic carbocycles. The number of tetrazole rings is 1. The molecule has 0 fully saturated rings. The van der Waals surface area contributed by atoms with E-state index in [2.05, 4.69) is 15.5 Å². The van der Waals surface area contributed by atoms with Crippen molar-refractivity contribution >= 4 is 0 Å². The van der Waals surface area contributed by atoms with E-state index < -0.39 is 0 Å². The molecular formula is C21H22N6O3. The molecule has 2 aromatic heterocycles. The van der Waals surface area contributed by atoms with Crippen LogP contribution in [0.4, 0.5) is 0 Å². The molecule has 30 heavy (non-hydrogen) atoms. The number of hydrogen-bond acceptors (Lipinski definition) is 6. The Balaban J connectivity index is 1.64. The highest BCUT2D eigenvalue weighted by molar-refractivity contribution is 5.61. The Morgan fingerprint density at radius 2 is 1.87 bits per heavy atom. The molecule has 0 aliphatic heterocycles. The molecule has 0 bridgehead atoms. The molecule has 0 saturated heterocycles. The molecular weight excluding hydrogens is 384 g/mol. The first-order valence-electron chi connectivity index (χ1n) is 9.36. The zero-order valence-electron chi connectivity index (χ0n) is 17.2. The fourth-order valence-electron chi connectivity index (χ4n) is 3.24. The molecule has 9 nitrogen and oxygen atoms in total. The predicted octanol–water partition coefficient (Wildman–Crippen LogP) is 2.26. The van der Waals surface area contributed by atoms with Gasteiger partial charge in [-0.2, -0.15) is 14.5 Å². The number of benzene rings is 2. The quantitative estimate of drug-likeness (QED) is 0.488. The van der Waals surface area contributed by atoms with Crippen molar-refractivity contribution in [2.45, 2.75) is 13.5 Å². The van der Waals surface area contributed by atoms with Crippen LogP contribution in [0.2, 0.25) is 0 Å². The van der Waals surface area contributed by atoms with E-state index in [1.54, 1.807) is 31.0 Å². The van der Waals surface area contributed by atoms with Gasteiger partial charge in [0.25, 0.3) is 0 Å². The van der Waals surface area contributed by atoms with E-state index in [-0.39, 0.29) is 12.3 Å². The Labute approximate surface area is 173 Å². The summed E-state index contributed by atoms with van der Waals surface area (Å²) >= 11 is 0. The first-order chi connectivity index (χ1) is 14.5. The van der Waals surface area contributed by atoms with Crippen LogP contribution in [0.5, 0.6) is 11.5 Å². The second-order valence-electron chi connectivity index (χ2n) is 6.90. The van der Waals surface area contributed by atoms with Gasteiger partial charge in [-0.3, -0.25) is 4.68 Å². The molecule has 4 aromatic rings. The molecule has 0 amide bonds. The topological polar surface area (TPSA) is 89.0 Å². The Morgan fingerprint density at radius 3 is 2.50 bits per heavy atom. The lowest BCUT2D eigenvalue weighted by Gasteiger charge is -2.15. The van der Waals surface area contributed by atoms with Crippen molar-refractivity contribution in [1.29, 1.82) is 0 Å². The lowest BCUT2D eigenvalue weighted by molar-refractivity contribution is 0.294. The van der Waals surface area contributed by atoms with Crippen LogP contribution in [0.25, 0.3) is 16.9 Å². The zero-order valence-corrected chi connectivity index (χ0v) is 17.2. The van der Waals surface area contributed by atoms with E-state index in [1.807, 2.05) is 50.5 Å². The van der Waals surface area contributed by atoms with Crippen LogP contribution in [-0.4, -0.2) is 36.7 Å². The van der Waals surface area contributed by atoms with E-state index in [0.29, 0.717) is 17.0 Å². The van der Waals surface area contributed by atoms with Gasteiger partial charge in [0.2, 0.25) is 0 Å². The van der Waals surface area contributed by atoms with Gasteiger partial charge < -0.3 is 9.47 Å². The zero-order chi connectivity index (χ0) is 21.3. The summed E-state index contributed by atoms with van der Waals surface area (Å²) in [6, 6.07) is 13.3. The molecule has 0 N–H and O–H groups in total. The normalized spacial score (nSPS) is 10.9. The van der Waals surface area contributed by atoms with Crippen LogP contribution in [0.1, 0.15) is 11.1 Å². The van der Waals surface area contributed by atoms with Gasteiger partial charge >= 0.3 is 5.69 Å². The summed E-state index contributed by atoms with van der Waals surface area (Å²) in [6.07, 6.45) is 1.91. The summed E-state index contributed by atoms with van der Waals surface area (Å²) in [7, 11) is 5.02. The number of hydrogen-bond donors (Lipinski definition) is 0. The second kappa shape index (κ2) is 7.86. The number of rotatable bonds is 6. The summed E-state index contributed by atoms with van der Waals surface area (Å²) in [5.41, 5.74) is 3.82. The average Bonchev–Trinajstić information content (AvgIpc) is 3.32.